The molecule has 20 heavy (non-hydrogen) atoms. The fraction of sp³-hybridized carbons (Fsp3) is 0.467. The molecule has 0 bridgehead atoms. The summed E-state index contributed by atoms with van der Waals surface area (Å²) in [6, 6.07) is 5.33. The largest absolute Gasteiger partial charge is 0.399 e. The first kappa shape index (κ1) is 13.0. The third-order valence-corrected chi connectivity index (χ3v) is 3.89. The van der Waals surface area contributed by atoms with Crippen LogP contribution in [-0.4, -0.2) is 10.1 Å². The van der Waals surface area contributed by atoms with Gasteiger partial charge in [0, 0.05) is 22.9 Å². The number of rotatable bonds is 2. The molecule has 0 radical (unpaired) electrons. The predicted molar refractivity (Wildman–Crippen MR) is 79.0 cm³/mol. The number of nitrogens with zero attached hydrogens (tertiary/aromatic N) is 2. The van der Waals surface area contributed by atoms with Crippen LogP contribution in [0.4, 0.5) is 11.4 Å². The Bertz CT molecular complexity index is 565. The van der Waals surface area contributed by atoms with E-state index in [0.717, 1.165) is 24.2 Å². The lowest BCUT2D eigenvalue weighted by molar-refractivity contribution is 0.410. The Labute approximate surface area is 118 Å². The maximum absolute atomic E-state index is 5.80. The van der Waals surface area contributed by atoms with E-state index in [9.17, 15) is 0 Å². The molecule has 4 N–H and O–H groups in total. The lowest BCUT2D eigenvalue weighted by Crippen LogP contribution is -1.99. The van der Waals surface area contributed by atoms with Gasteiger partial charge < -0.3 is 16.0 Å². The molecule has 3 rings (SSSR count). The summed E-state index contributed by atoms with van der Waals surface area (Å²) in [6.07, 6.45) is 7.43. The Morgan fingerprint density at radius 1 is 0.950 bits per heavy atom. The van der Waals surface area contributed by atoms with Crippen molar-refractivity contribution < 1.29 is 4.52 Å². The van der Waals surface area contributed by atoms with E-state index in [-0.39, 0.29) is 0 Å². The summed E-state index contributed by atoms with van der Waals surface area (Å²) in [4.78, 5) is 4.54. The number of aromatic nitrogens is 2. The van der Waals surface area contributed by atoms with Gasteiger partial charge in [0.15, 0.2) is 5.82 Å². The van der Waals surface area contributed by atoms with Crippen LogP contribution in [0, 0.1) is 0 Å². The van der Waals surface area contributed by atoms with Crippen molar-refractivity contribution >= 4 is 11.4 Å². The van der Waals surface area contributed by atoms with Gasteiger partial charge in [0.1, 0.15) is 0 Å². The van der Waals surface area contributed by atoms with Gasteiger partial charge in [-0.15, -0.1) is 0 Å². The number of anilines is 2. The fourth-order valence-corrected chi connectivity index (χ4v) is 2.86. The SMILES string of the molecule is Nc1cc(N)cc(-c2nc(C3CCCCCC3)no2)c1. The van der Waals surface area contributed by atoms with Crippen molar-refractivity contribution in [3.8, 4) is 11.5 Å². The highest BCUT2D eigenvalue weighted by Gasteiger charge is 2.20. The van der Waals surface area contributed by atoms with Gasteiger partial charge in [-0.05, 0) is 31.0 Å². The molecular weight excluding hydrogens is 252 g/mol. The van der Waals surface area contributed by atoms with E-state index in [4.69, 9.17) is 16.0 Å². The van der Waals surface area contributed by atoms with Crippen molar-refractivity contribution in [1.29, 1.82) is 0 Å². The number of nitrogens with two attached hydrogens (primary N) is 2. The second-order valence-electron chi connectivity index (χ2n) is 5.53. The summed E-state index contributed by atoms with van der Waals surface area (Å²) < 4.78 is 5.38. The average Bonchev–Trinajstić information content (AvgIpc) is 2.74. The quantitative estimate of drug-likeness (QED) is 0.646. The van der Waals surface area contributed by atoms with Crippen LogP contribution in [0.3, 0.4) is 0 Å². The summed E-state index contributed by atoms with van der Waals surface area (Å²) in [5.74, 6) is 1.75. The van der Waals surface area contributed by atoms with E-state index in [0.29, 0.717) is 23.2 Å². The number of hydrogen-bond acceptors (Lipinski definition) is 5. The number of hydrogen-bond donors (Lipinski definition) is 2. The maximum Gasteiger partial charge on any atom is 0.258 e. The Morgan fingerprint density at radius 3 is 2.25 bits per heavy atom. The molecular formula is C15H20N4O. The highest BCUT2D eigenvalue weighted by Crippen LogP contribution is 2.31. The first-order valence-electron chi connectivity index (χ1n) is 7.22. The molecule has 106 valence electrons. The Kier molecular flexibility index (Phi) is 3.58. The van der Waals surface area contributed by atoms with Crippen LogP contribution in [0.1, 0.15) is 50.3 Å². The second kappa shape index (κ2) is 5.53. The minimum Gasteiger partial charge on any atom is -0.399 e. The molecule has 0 amide bonds. The van der Waals surface area contributed by atoms with Gasteiger partial charge in [0.05, 0.1) is 0 Å². The molecule has 1 aliphatic carbocycles. The van der Waals surface area contributed by atoms with Crippen LogP contribution >= 0.6 is 0 Å². The van der Waals surface area contributed by atoms with Crippen molar-refractivity contribution in [1.82, 2.24) is 10.1 Å². The van der Waals surface area contributed by atoms with E-state index >= 15 is 0 Å². The first-order valence-corrected chi connectivity index (χ1v) is 7.22. The molecule has 0 aliphatic heterocycles. The van der Waals surface area contributed by atoms with Gasteiger partial charge in [-0.1, -0.05) is 30.8 Å². The smallest absolute Gasteiger partial charge is 0.258 e. The van der Waals surface area contributed by atoms with Crippen LogP contribution in [0.15, 0.2) is 22.7 Å². The van der Waals surface area contributed by atoms with Crippen molar-refractivity contribution in [2.75, 3.05) is 11.5 Å². The molecule has 1 aromatic heterocycles. The zero-order valence-electron chi connectivity index (χ0n) is 11.5. The first-order chi connectivity index (χ1) is 9.72. The maximum atomic E-state index is 5.80. The predicted octanol–water partition coefficient (Wildman–Crippen LogP) is 3.34. The zero-order chi connectivity index (χ0) is 13.9. The lowest BCUT2D eigenvalue weighted by atomic mass is 10.00. The van der Waals surface area contributed by atoms with Crippen molar-refractivity contribution in [2.24, 2.45) is 0 Å². The van der Waals surface area contributed by atoms with Crippen molar-refractivity contribution in [3.63, 3.8) is 0 Å². The second-order valence-corrected chi connectivity index (χ2v) is 5.53. The van der Waals surface area contributed by atoms with Crippen LogP contribution in [0.5, 0.6) is 0 Å². The monoisotopic (exact) mass is 272 g/mol. The number of nitrogen functional groups attached to an aromatic ring is 2. The van der Waals surface area contributed by atoms with Crippen molar-refractivity contribution in [2.45, 2.75) is 44.4 Å². The fourth-order valence-electron chi connectivity index (χ4n) is 2.86. The minimum absolute atomic E-state index is 0.424. The van der Waals surface area contributed by atoms with E-state index in [1.54, 1.807) is 18.2 Å². The van der Waals surface area contributed by atoms with Crippen LogP contribution in [0.2, 0.25) is 0 Å². The Hall–Kier alpha value is -2.04. The minimum atomic E-state index is 0.424. The third kappa shape index (κ3) is 2.76. The number of benzene rings is 1. The van der Waals surface area contributed by atoms with E-state index < -0.39 is 0 Å². The molecule has 0 unspecified atom stereocenters. The molecule has 1 saturated carbocycles. The molecule has 5 heteroatoms. The molecule has 0 atom stereocenters. The summed E-state index contributed by atoms with van der Waals surface area (Å²) >= 11 is 0. The van der Waals surface area contributed by atoms with Gasteiger partial charge in [-0.2, -0.15) is 4.98 Å². The molecule has 1 aromatic carbocycles. The van der Waals surface area contributed by atoms with Crippen LogP contribution in [0.25, 0.3) is 11.5 Å². The zero-order valence-corrected chi connectivity index (χ0v) is 11.5. The molecule has 2 aromatic rings. The normalized spacial score (nSPS) is 17.0. The molecule has 1 fully saturated rings. The summed E-state index contributed by atoms with van der Waals surface area (Å²) in [7, 11) is 0. The topological polar surface area (TPSA) is 91.0 Å². The summed E-state index contributed by atoms with van der Waals surface area (Å²) in [5.41, 5.74) is 13.6. The lowest BCUT2D eigenvalue weighted by Gasteiger charge is -2.07. The molecule has 0 saturated heterocycles. The Balaban J connectivity index is 1.85. The van der Waals surface area contributed by atoms with Gasteiger partial charge in [0.25, 0.3) is 5.89 Å². The highest BCUT2D eigenvalue weighted by atomic mass is 16.5. The molecule has 1 aliphatic rings. The molecule has 0 spiro atoms. The molecule has 1 heterocycles. The van der Waals surface area contributed by atoms with E-state index in [1.165, 1.54) is 25.7 Å². The van der Waals surface area contributed by atoms with Gasteiger partial charge in [-0.25, -0.2) is 0 Å². The van der Waals surface area contributed by atoms with Gasteiger partial charge >= 0.3 is 0 Å². The average molecular weight is 272 g/mol. The van der Waals surface area contributed by atoms with Crippen LogP contribution < -0.4 is 11.5 Å². The van der Waals surface area contributed by atoms with Gasteiger partial charge in [0.2, 0.25) is 0 Å². The molecule has 5 nitrogen and oxygen atoms in total. The highest BCUT2D eigenvalue weighted by molar-refractivity contribution is 5.67. The summed E-state index contributed by atoms with van der Waals surface area (Å²) in [5, 5.41) is 4.15. The Morgan fingerprint density at radius 2 is 1.60 bits per heavy atom. The third-order valence-electron chi connectivity index (χ3n) is 3.89. The van der Waals surface area contributed by atoms with Gasteiger partial charge in [-0.3, -0.25) is 0 Å². The summed E-state index contributed by atoms with van der Waals surface area (Å²) in [6.45, 7) is 0. The van der Waals surface area contributed by atoms with E-state index in [1.807, 2.05) is 0 Å². The van der Waals surface area contributed by atoms with Crippen LogP contribution in [-0.2, 0) is 0 Å². The van der Waals surface area contributed by atoms with Crippen molar-refractivity contribution in [3.05, 3.63) is 24.0 Å². The van der Waals surface area contributed by atoms with E-state index in [2.05, 4.69) is 10.1 Å². The standard InChI is InChI=1S/C15H20N4O/c16-12-7-11(8-13(17)9-12)15-18-14(19-20-15)10-5-3-1-2-4-6-10/h7-10H,1-6,16-17H2.